The van der Waals surface area contributed by atoms with E-state index in [0.717, 1.165) is 17.9 Å². The van der Waals surface area contributed by atoms with Crippen LogP contribution in [0.25, 0.3) is 0 Å². The van der Waals surface area contributed by atoms with Crippen molar-refractivity contribution in [2.24, 2.45) is 11.7 Å². The summed E-state index contributed by atoms with van der Waals surface area (Å²) >= 11 is 0. The number of piperidine rings is 1. The number of aliphatic hydroxyl groups is 1. The molecule has 0 spiro atoms. The zero-order valence-electron chi connectivity index (χ0n) is 13.2. The van der Waals surface area contributed by atoms with Crippen LogP contribution < -0.4 is 10.5 Å². The smallest absolute Gasteiger partial charge is 0.119 e. The molecule has 1 aliphatic rings. The normalized spacial score (nSPS) is 24.8. The van der Waals surface area contributed by atoms with Gasteiger partial charge in [-0.25, -0.2) is 0 Å². The maximum atomic E-state index is 10.2. The third-order valence-electron chi connectivity index (χ3n) is 4.55. The minimum atomic E-state index is -0.452. The Morgan fingerprint density at radius 1 is 1.33 bits per heavy atom. The van der Waals surface area contributed by atoms with Gasteiger partial charge < -0.3 is 15.6 Å². The number of ether oxygens (including phenoxy) is 1. The summed E-state index contributed by atoms with van der Waals surface area (Å²) in [6, 6.07) is 8.25. The fraction of sp³-hybridized carbons (Fsp3) is 0.647. The van der Waals surface area contributed by atoms with Gasteiger partial charge in [0.25, 0.3) is 0 Å². The van der Waals surface area contributed by atoms with Crippen LogP contribution in [0.5, 0.6) is 5.75 Å². The molecule has 3 N–H and O–H groups in total. The molecule has 1 saturated heterocycles. The quantitative estimate of drug-likeness (QED) is 0.842. The van der Waals surface area contributed by atoms with E-state index in [1.54, 1.807) is 0 Å². The minimum Gasteiger partial charge on any atom is -0.491 e. The number of rotatable bonds is 6. The molecule has 0 saturated carbocycles. The van der Waals surface area contributed by atoms with Crippen LogP contribution in [0.3, 0.4) is 0 Å². The van der Waals surface area contributed by atoms with Gasteiger partial charge in [-0.1, -0.05) is 19.1 Å². The van der Waals surface area contributed by atoms with E-state index in [2.05, 4.69) is 18.7 Å². The molecule has 1 fully saturated rings. The molecular formula is C17H28N2O2. The van der Waals surface area contributed by atoms with E-state index in [9.17, 15) is 5.11 Å². The first kappa shape index (κ1) is 16.3. The highest BCUT2D eigenvalue weighted by molar-refractivity contribution is 5.27. The fourth-order valence-corrected chi connectivity index (χ4v) is 2.92. The highest BCUT2D eigenvalue weighted by Crippen LogP contribution is 2.22. The number of benzene rings is 1. The third kappa shape index (κ3) is 4.70. The van der Waals surface area contributed by atoms with E-state index in [1.165, 1.54) is 12.8 Å². The molecule has 1 aromatic carbocycles. The Balaban J connectivity index is 1.77. The van der Waals surface area contributed by atoms with Crippen LogP contribution in [0.4, 0.5) is 0 Å². The van der Waals surface area contributed by atoms with Crippen LogP contribution in [0.15, 0.2) is 24.3 Å². The number of β-amino-alcohol motifs (C(OH)–C–C–N with tert-alkyl or cyclic N) is 1. The number of nitrogens with zero attached hydrogens (tertiary/aromatic N) is 1. The van der Waals surface area contributed by atoms with Crippen molar-refractivity contribution in [3.63, 3.8) is 0 Å². The predicted molar refractivity (Wildman–Crippen MR) is 85.3 cm³/mol. The lowest BCUT2D eigenvalue weighted by molar-refractivity contribution is 0.0292. The Kier molecular flexibility index (Phi) is 6.03. The highest BCUT2D eigenvalue weighted by atomic mass is 16.5. The number of hydrogen-bond donors (Lipinski definition) is 2. The minimum absolute atomic E-state index is 0.333. The Morgan fingerprint density at radius 2 is 2.05 bits per heavy atom. The molecule has 4 nitrogen and oxygen atoms in total. The Hall–Kier alpha value is -1.10. The van der Waals surface area contributed by atoms with Crippen molar-refractivity contribution in [3.8, 4) is 5.75 Å². The Bertz CT molecular complexity index is 421. The van der Waals surface area contributed by atoms with Crippen molar-refractivity contribution in [2.75, 3.05) is 19.7 Å². The Labute approximate surface area is 127 Å². The number of hydrogen-bond acceptors (Lipinski definition) is 4. The van der Waals surface area contributed by atoms with Gasteiger partial charge in [0, 0.05) is 19.1 Å². The van der Waals surface area contributed by atoms with Crippen LogP contribution in [-0.2, 0) is 6.54 Å². The maximum Gasteiger partial charge on any atom is 0.119 e. The van der Waals surface area contributed by atoms with Gasteiger partial charge >= 0.3 is 0 Å². The van der Waals surface area contributed by atoms with Gasteiger partial charge in [0.1, 0.15) is 18.5 Å². The first-order valence-electron chi connectivity index (χ1n) is 7.94. The monoisotopic (exact) mass is 292 g/mol. The van der Waals surface area contributed by atoms with E-state index >= 15 is 0 Å². The third-order valence-corrected chi connectivity index (χ3v) is 4.55. The van der Waals surface area contributed by atoms with Crippen molar-refractivity contribution in [1.29, 1.82) is 0 Å². The second-order valence-corrected chi connectivity index (χ2v) is 6.17. The molecule has 3 atom stereocenters. The van der Waals surface area contributed by atoms with E-state index in [0.29, 0.717) is 31.7 Å². The van der Waals surface area contributed by atoms with Crippen LogP contribution in [0.2, 0.25) is 0 Å². The summed E-state index contributed by atoms with van der Waals surface area (Å²) in [5.41, 5.74) is 6.65. The second-order valence-electron chi connectivity index (χ2n) is 6.17. The molecule has 21 heavy (non-hydrogen) atoms. The summed E-state index contributed by atoms with van der Waals surface area (Å²) < 4.78 is 5.65. The fourth-order valence-electron chi connectivity index (χ4n) is 2.92. The first-order chi connectivity index (χ1) is 10.1. The zero-order chi connectivity index (χ0) is 15.2. The molecule has 0 amide bonds. The number of nitrogens with two attached hydrogens (primary N) is 1. The van der Waals surface area contributed by atoms with Gasteiger partial charge in [0.05, 0.1) is 0 Å². The molecule has 2 rings (SSSR count). The van der Waals surface area contributed by atoms with Gasteiger partial charge in [-0.15, -0.1) is 0 Å². The summed E-state index contributed by atoms with van der Waals surface area (Å²) in [5.74, 6) is 1.49. The van der Waals surface area contributed by atoms with E-state index in [-0.39, 0.29) is 0 Å². The zero-order valence-corrected chi connectivity index (χ0v) is 13.2. The molecule has 1 aliphatic heterocycles. The van der Waals surface area contributed by atoms with Crippen molar-refractivity contribution >= 4 is 0 Å². The SMILES string of the molecule is CC1CCCN(CC(O)COc2ccc(CN)cc2)C1C. The van der Waals surface area contributed by atoms with E-state index in [1.807, 2.05) is 24.3 Å². The summed E-state index contributed by atoms with van der Waals surface area (Å²) in [4.78, 5) is 2.37. The molecule has 118 valence electrons. The number of likely N-dealkylation sites (tertiary alicyclic amines) is 1. The predicted octanol–water partition coefficient (Wildman–Crippen LogP) is 2.01. The van der Waals surface area contributed by atoms with Crippen LogP contribution in [0, 0.1) is 5.92 Å². The molecule has 4 heteroatoms. The lowest BCUT2D eigenvalue weighted by Gasteiger charge is -2.38. The van der Waals surface area contributed by atoms with Crippen LogP contribution in [-0.4, -0.2) is 41.8 Å². The highest BCUT2D eigenvalue weighted by Gasteiger charge is 2.26. The van der Waals surface area contributed by atoms with Gasteiger partial charge in [0.2, 0.25) is 0 Å². The average molecular weight is 292 g/mol. The molecule has 0 aromatic heterocycles. The van der Waals surface area contributed by atoms with Gasteiger partial charge in [0.15, 0.2) is 0 Å². The summed E-state index contributed by atoms with van der Waals surface area (Å²) in [6.45, 7) is 7.18. The molecule has 1 aromatic rings. The molecular weight excluding hydrogens is 264 g/mol. The van der Waals surface area contributed by atoms with Crippen molar-refractivity contribution in [3.05, 3.63) is 29.8 Å². The maximum absolute atomic E-state index is 10.2. The van der Waals surface area contributed by atoms with Crippen molar-refractivity contribution < 1.29 is 9.84 Å². The van der Waals surface area contributed by atoms with Crippen LogP contribution in [0.1, 0.15) is 32.3 Å². The molecule has 3 unspecified atom stereocenters. The van der Waals surface area contributed by atoms with E-state index < -0.39 is 6.10 Å². The average Bonchev–Trinajstić information content (AvgIpc) is 2.50. The van der Waals surface area contributed by atoms with Crippen LogP contribution >= 0.6 is 0 Å². The molecule has 0 bridgehead atoms. The number of aliphatic hydroxyl groups excluding tert-OH is 1. The largest absolute Gasteiger partial charge is 0.491 e. The molecule has 0 aliphatic carbocycles. The Morgan fingerprint density at radius 3 is 2.71 bits per heavy atom. The van der Waals surface area contributed by atoms with Crippen molar-refractivity contribution in [2.45, 2.75) is 45.4 Å². The lowest BCUT2D eigenvalue weighted by atomic mass is 9.92. The molecule has 1 heterocycles. The van der Waals surface area contributed by atoms with Gasteiger partial charge in [-0.2, -0.15) is 0 Å². The first-order valence-corrected chi connectivity index (χ1v) is 7.94. The topological polar surface area (TPSA) is 58.7 Å². The standard InChI is InChI=1S/C17H28N2O2/c1-13-4-3-9-19(14(13)2)11-16(20)12-21-17-7-5-15(10-18)6-8-17/h5-8,13-14,16,20H,3-4,9-12,18H2,1-2H3. The van der Waals surface area contributed by atoms with Gasteiger partial charge in [-0.3, -0.25) is 4.90 Å². The second kappa shape index (κ2) is 7.78. The summed E-state index contributed by atoms with van der Waals surface area (Å²) in [6.07, 6.45) is 2.06. The lowest BCUT2D eigenvalue weighted by Crippen LogP contribution is -2.46. The van der Waals surface area contributed by atoms with Crippen molar-refractivity contribution in [1.82, 2.24) is 4.90 Å². The van der Waals surface area contributed by atoms with Gasteiger partial charge in [-0.05, 0) is 49.9 Å². The molecule has 0 radical (unpaired) electrons. The summed E-state index contributed by atoms with van der Waals surface area (Å²) in [7, 11) is 0. The van der Waals surface area contributed by atoms with E-state index in [4.69, 9.17) is 10.5 Å². The summed E-state index contributed by atoms with van der Waals surface area (Å²) in [5, 5.41) is 10.2.